The number of anilines is 1. The van der Waals surface area contributed by atoms with Crippen LogP contribution in [0.1, 0.15) is 57.1 Å². The van der Waals surface area contributed by atoms with E-state index >= 15 is 0 Å². The topological polar surface area (TPSA) is 78.5 Å². The SMILES string of the molecule is CCc1cccc(CC)c1NC(=O)CN1C(=O)NC2(CCCCC2)C1=O. The van der Waals surface area contributed by atoms with Crippen molar-refractivity contribution in [3.05, 3.63) is 29.3 Å². The van der Waals surface area contributed by atoms with E-state index in [0.717, 1.165) is 53.8 Å². The highest BCUT2D eigenvalue weighted by Gasteiger charge is 2.51. The molecule has 140 valence electrons. The summed E-state index contributed by atoms with van der Waals surface area (Å²) in [5, 5.41) is 5.77. The molecule has 1 aromatic rings. The number of amides is 4. The quantitative estimate of drug-likeness (QED) is 0.795. The summed E-state index contributed by atoms with van der Waals surface area (Å²) in [6.45, 7) is 3.83. The molecule has 0 bridgehead atoms. The molecule has 2 fully saturated rings. The van der Waals surface area contributed by atoms with Crippen LogP contribution in [0.5, 0.6) is 0 Å². The maximum absolute atomic E-state index is 12.8. The number of carbonyl (C=O) groups excluding carboxylic acids is 3. The van der Waals surface area contributed by atoms with Gasteiger partial charge in [0.1, 0.15) is 12.1 Å². The number of imide groups is 1. The minimum Gasteiger partial charge on any atom is -0.324 e. The fraction of sp³-hybridized carbons (Fsp3) is 0.550. The predicted octanol–water partition coefficient (Wildman–Crippen LogP) is 3.00. The van der Waals surface area contributed by atoms with E-state index in [1.54, 1.807) is 0 Å². The van der Waals surface area contributed by atoms with E-state index in [0.29, 0.717) is 12.8 Å². The van der Waals surface area contributed by atoms with Crippen LogP contribution in [0.15, 0.2) is 18.2 Å². The first-order valence-corrected chi connectivity index (χ1v) is 9.55. The molecule has 0 atom stereocenters. The van der Waals surface area contributed by atoms with Crippen LogP contribution in [0.3, 0.4) is 0 Å². The van der Waals surface area contributed by atoms with Crippen molar-refractivity contribution in [1.82, 2.24) is 10.2 Å². The van der Waals surface area contributed by atoms with Crippen LogP contribution in [-0.2, 0) is 22.4 Å². The van der Waals surface area contributed by atoms with Crippen LogP contribution >= 0.6 is 0 Å². The average molecular weight is 357 g/mol. The van der Waals surface area contributed by atoms with Gasteiger partial charge in [0.2, 0.25) is 5.91 Å². The van der Waals surface area contributed by atoms with Crippen molar-refractivity contribution in [3.63, 3.8) is 0 Å². The molecule has 6 nitrogen and oxygen atoms in total. The number of carbonyl (C=O) groups is 3. The zero-order chi connectivity index (χ0) is 18.7. The van der Waals surface area contributed by atoms with Crippen LogP contribution in [0.25, 0.3) is 0 Å². The minimum atomic E-state index is -0.786. The molecule has 0 unspecified atom stereocenters. The third-order valence-corrected chi connectivity index (χ3v) is 5.52. The highest BCUT2D eigenvalue weighted by atomic mass is 16.2. The third-order valence-electron chi connectivity index (χ3n) is 5.52. The van der Waals surface area contributed by atoms with Gasteiger partial charge in [0, 0.05) is 5.69 Å². The first-order valence-electron chi connectivity index (χ1n) is 9.55. The number of nitrogens with one attached hydrogen (secondary N) is 2. The van der Waals surface area contributed by atoms with Crippen molar-refractivity contribution in [3.8, 4) is 0 Å². The van der Waals surface area contributed by atoms with Gasteiger partial charge < -0.3 is 10.6 Å². The van der Waals surface area contributed by atoms with Crippen LogP contribution in [0.2, 0.25) is 0 Å². The number of para-hydroxylation sites is 1. The zero-order valence-corrected chi connectivity index (χ0v) is 15.6. The van der Waals surface area contributed by atoms with Crippen molar-refractivity contribution >= 4 is 23.5 Å². The van der Waals surface area contributed by atoms with Gasteiger partial charge in [-0.3, -0.25) is 14.5 Å². The van der Waals surface area contributed by atoms with Crippen molar-refractivity contribution in [2.75, 3.05) is 11.9 Å². The third kappa shape index (κ3) is 3.32. The average Bonchev–Trinajstić information content (AvgIpc) is 2.86. The van der Waals surface area contributed by atoms with E-state index in [1.807, 2.05) is 32.0 Å². The lowest BCUT2D eigenvalue weighted by Crippen LogP contribution is -2.48. The fourth-order valence-electron chi connectivity index (χ4n) is 4.04. The van der Waals surface area contributed by atoms with Crippen LogP contribution in [0.4, 0.5) is 10.5 Å². The highest BCUT2D eigenvalue weighted by molar-refractivity contribution is 6.10. The Balaban J connectivity index is 1.73. The molecule has 1 spiro atoms. The number of urea groups is 1. The maximum Gasteiger partial charge on any atom is 0.325 e. The summed E-state index contributed by atoms with van der Waals surface area (Å²) in [4.78, 5) is 38.7. The van der Waals surface area contributed by atoms with Gasteiger partial charge in [-0.2, -0.15) is 0 Å². The Morgan fingerprint density at radius 3 is 2.31 bits per heavy atom. The van der Waals surface area contributed by atoms with Gasteiger partial charge in [-0.05, 0) is 36.8 Å². The summed E-state index contributed by atoms with van der Waals surface area (Å²) < 4.78 is 0. The second-order valence-corrected chi connectivity index (χ2v) is 7.17. The number of hydrogen-bond acceptors (Lipinski definition) is 3. The number of hydrogen-bond donors (Lipinski definition) is 2. The van der Waals surface area contributed by atoms with Crippen LogP contribution in [-0.4, -0.2) is 34.8 Å². The number of rotatable bonds is 5. The monoisotopic (exact) mass is 357 g/mol. The Hall–Kier alpha value is -2.37. The van der Waals surface area contributed by atoms with Gasteiger partial charge in [0.05, 0.1) is 0 Å². The molecule has 6 heteroatoms. The maximum atomic E-state index is 12.8. The lowest BCUT2D eigenvalue weighted by atomic mass is 9.82. The van der Waals surface area contributed by atoms with Crippen molar-refractivity contribution < 1.29 is 14.4 Å². The van der Waals surface area contributed by atoms with E-state index < -0.39 is 11.6 Å². The molecule has 1 heterocycles. The van der Waals surface area contributed by atoms with E-state index in [-0.39, 0.29) is 18.4 Å². The van der Waals surface area contributed by atoms with Gasteiger partial charge in [-0.15, -0.1) is 0 Å². The number of aryl methyl sites for hydroxylation is 2. The number of benzene rings is 1. The Morgan fingerprint density at radius 1 is 1.12 bits per heavy atom. The zero-order valence-electron chi connectivity index (χ0n) is 15.6. The molecule has 0 aromatic heterocycles. The van der Waals surface area contributed by atoms with Gasteiger partial charge in [-0.25, -0.2) is 4.79 Å². The molecular weight excluding hydrogens is 330 g/mol. The summed E-state index contributed by atoms with van der Waals surface area (Å²) in [5.41, 5.74) is 2.13. The van der Waals surface area contributed by atoms with Gasteiger partial charge in [-0.1, -0.05) is 51.3 Å². The normalized spacial score (nSPS) is 18.9. The Morgan fingerprint density at radius 2 is 1.73 bits per heavy atom. The molecule has 1 aliphatic carbocycles. The van der Waals surface area contributed by atoms with Crippen molar-refractivity contribution in [2.45, 2.75) is 64.3 Å². The predicted molar refractivity (Wildman–Crippen MR) is 99.9 cm³/mol. The molecule has 2 aliphatic rings. The molecule has 4 amide bonds. The second-order valence-electron chi connectivity index (χ2n) is 7.17. The van der Waals surface area contributed by atoms with Gasteiger partial charge in [0.25, 0.3) is 5.91 Å². The first kappa shape index (κ1) is 18.4. The van der Waals surface area contributed by atoms with Crippen molar-refractivity contribution in [2.24, 2.45) is 0 Å². The van der Waals surface area contributed by atoms with E-state index in [9.17, 15) is 14.4 Å². The molecular formula is C20H27N3O3. The molecule has 1 saturated carbocycles. The Labute approximate surface area is 154 Å². The second kappa shape index (κ2) is 7.48. The largest absolute Gasteiger partial charge is 0.325 e. The summed E-state index contributed by atoms with van der Waals surface area (Å²) in [6, 6.07) is 5.50. The first-order chi connectivity index (χ1) is 12.5. The van der Waals surface area contributed by atoms with Gasteiger partial charge in [0.15, 0.2) is 0 Å². The molecule has 1 saturated heterocycles. The van der Waals surface area contributed by atoms with E-state index in [4.69, 9.17) is 0 Å². The fourth-order valence-corrected chi connectivity index (χ4v) is 4.04. The Kier molecular flexibility index (Phi) is 5.30. The molecule has 1 aromatic carbocycles. The molecule has 0 radical (unpaired) electrons. The lowest BCUT2D eigenvalue weighted by Gasteiger charge is -2.30. The summed E-state index contributed by atoms with van der Waals surface area (Å²) >= 11 is 0. The number of nitrogens with zero attached hydrogens (tertiary/aromatic N) is 1. The van der Waals surface area contributed by atoms with E-state index in [1.165, 1.54) is 0 Å². The minimum absolute atomic E-state index is 0.242. The summed E-state index contributed by atoms with van der Waals surface area (Å²) in [6.07, 6.45) is 5.86. The summed E-state index contributed by atoms with van der Waals surface area (Å²) in [5.74, 6) is -0.589. The van der Waals surface area contributed by atoms with Crippen molar-refractivity contribution in [1.29, 1.82) is 0 Å². The lowest BCUT2D eigenvalue weighted by molar-refractivity contribution is -0.134. The van der Waals surface area contributed by atoms with Crippen LogP contribution in [0, 0.1) is 0 Å². The molecule has 2 N–H and O–H groups in total. The van der Waals surface area contributed by atoms with Gasteiger partial charge >= 0.3 is 6.03 Å². The molecule has 3 rings (SSSR count). The van der Waals surface area contributed by atoms with Crippen LogP contribution < -0.4 is 10.6 Å². The van der Waals surface area contributed by atoms with E-state index in [2.05, 4.69) is 10.6 Å². The molecule has 26 heavy (non-hydrogen) atoms. The standard InChI is InChI=1S/C20H27N3O3/c1-3-14-9-8-10-15(4-2)17(14)21-16(24)13-23-18(25)20(22-19(23)26)11-6-5-7-12-20/h8-10H,3-7,11-13H2,1-2H3,(H,21,24)(H,22,26). The smallest absolute Gasteiger partial charge is 0.324 e. The highest BCUT2D eigenvalue weighted by Crippen LogP contribution is 2.33. The molecule has 1 aliphatic heterocycles. The Bertz CT molecular complexity index is 701. The summed E-state index contributed by atoms with van der Waals surface area (Å²) in [7, 11) is 0.